The maximum Gasteiger partial charge on any atom is 0.573 e. The van der Waals surface area contributed by atoms with Gasteiger partial charge in [0.05, 0.1) is 5.71 Å². The topological polar surface area (TPSA) is 128 Å². The first kappa shape index (κ1) is 20.7. The number of amides is 1. The third-order valence-corrected chi connectivity index (χ3v) is 3.98. The molecule has 0 saturated heterocycles. The number of carbonyl (C=O) groups is 1. The fourth-order valence-electron chi connectivity index (χ4n) is 2.63. The number of rotatable bonds is 5. The highest BCUT2D eigenvalue weighted by Gasteiger charge is 2.31. The monoisotopic (exact) mass is 418 g/mol. The molecule has 0 atom stereocenters. The molecule has 0 aliphatic heterocycles. The molecule has 0 bridgehead atoms. The van der Waals surface area contributed by atoms with Gasteiger partial charge in [-0.3, -0.25) is 10.2 Å². The average molecular weight is 418 g/mol. The molecule has 0 saturated carbocycles. The lowest BCUT2D eigenvalue weighted by atomic mass is 10.1. The number of ether oxygens (including phenoxy) is 1. The highest BCUT2D eigenvalue weighted by molar-refractivity contribution is 6.06. The predicted octanol–water partition coefficient (Wildman–Crippen LogP) is 3.53. The standard InChI is InChI=1S/C19H17F3N6O2/c1-10(27-28-18(23)24)11-2-4-13(5-3-11)25-17(29)16-9-12-8-14(30-19(20,21)22)6-7-15(12)26-16/h2-9,26H,1H3,(H,25,29)(H4,23,24,28)/b27-10-. The van der Waals surface area contributed by atoms with Crippen molar-refractivity contribution in [2.45, 2.75) is 13.3 Å². The van der Waals surface area contributed by atoms with E-state index < -0.39 is 12.3 Å². The predicted molar refractivity (Wildman–Crippen MR) is 107 cm³/mol. The smallest absolute Gasteiger partial charge is 0.406 e. The number of fused-ring (bicyclic) bond motifs is 1. The molecule has 156 valence electrons. The summed E-state index contributed by atoms with van der Waals surface area (Å²) in [5.74, 6) is -1.11. The van der Waals surface area contributed by atoms with Crippen molar-refractivity contribution in [1.82, 2.24) is 10.4 Å². The van der Waals surface area contributed by atoms with Crippen molar-refractivity contribution in [1.29, 1.82) is 5.41 Å². The normalized spacial score (nSPS) is 11.9. The van der Waals surface area contributed by atoms with Crippen LogP contribution >= 0.6 is 0 Å². The second-order valence-electron chi connectivity index (χ2n) is 6.23. The van der Waals surface area contributed by atoms with Gasteiger partial charge in [-0.1, -0.05) is 12.1 Å². The zero-order chi connectivity index (χ0) is 21.9. The molecule has 6 N–H and O–H groups in total. The summed E-state index contributed by atoms with van der Waals surface area (Å²) in [4.78, 5) is 15.3. The minimum atomic E-state index is -4.79. The zero-order valence-electron chi connectivity index (χ0n) is 15.6. The van der Waals surface area contributed by atoms with E-state index in [1.54, 1.807) is 31.2 Å². The van der Waals surface area contributed by atoms with Crippen LogP contribution in [0, 0.1) is 5.41 Å². The molecule has 0 aliphatic carbocycles. The van der Waals surface area contributed by atoms with Gasteiger partial charge in [0.15, 0.2) is 0 Å². The van der Waals surface area contributed by atoms with Crippen LogP contribution in [0.4, 0.5) is 18.9 Å². The summed E-state index contributed by atoms with van der Waals surface area (Å²) in [6, 6.07) is 12.0. The molecule has 0 fully saturated rings. The Bertz CT molecular complexity index is 1120. The van der Waals surface area contributed by atoms with Gasteiger partial charge in [-0.15, -0.1) is 13.2 Å². The van der Waals surface area contributed by atoms with Crippen LogP contribution in [0.5, 0.6) is 5.75 Å². The summed E-state index contributed by atoms with van der Waals surface area (Å²) in [5, 5.41) is 14.1. The van der Waals surface area contributed by atoms with Crippen LogP contribution in [0.1, 0.15) is 23.0 Å². The van der Waals surface area contributed by atoms with Crippen molar-refractivity contribution in [3.05, 3.63) is 59.8 Å². The minimum Gasteiger partial charge on any atom is -0.406 e. The van der Waals surface area contributed by atoms with Crippen molar-refractivity contribution in [3.63, 3.8) is 0 Å². The van der Waals surface area contributed by atoms with Gasteiger partial charge in [-0.25, -0.2) is 5.43 Å². The molecule has 0 aliphatic rings. The Kier molecular flexibility index (Phi) is 5.63. The molecule has 3 aromatic rings. The van der Waals surface area contributed by atoms with E-state index in [-0.39, 0.29) is 17.4 Å². The Morgan fingerprint density at radius 1 is 1.17 bits per heavy atom. The lowest BCUT2D eigenvalue weighted by Crippen LogP contribution is -2.26. The van der Waals surface area contributed by atoms with Gasteiger partial charge in [0, 0.05) is 16.6 Å². The number of hydrazone groups is 1. The molecule has 0 unspecified atom stereocenters. The van der Waals surface area contributed by atoms with Crippen molar-refractivity contribution < 1.29 is 22.7 Å². The number of halogens is 3. The van der Waals surface area contributed by atoms with E-state index in [4.69, 9.17) is 11.1 Å². The SMILES string of the molecule is C/C(=N/NC(=N)N)c1ccc(NC(=O)c2cc3cc(OC(F)(F)F)ccc3[nH]2)cc1. The third-order valence-electron chi connectivity index (χ3n) is 3.98. The van der Waals surface area contributed by atoms with Gasteiger partial charge < -0.3 is 20.8 Å². The van der Waals surface area contributed by atoms with Gasteiger partial charge in [0.25, 0.3) is 5.91 Å². The van der Waals surface area contributed by atoms with Crippen LogP contribution < -0.4 is 21.2 Å². The number of nitrogens with zero attached hydrogens (tertiary/aromatic N) is 1. The molecule has 3 rings (SSSR count). The number of aromatic amines is 1. The van der Waals surface area contributed by atoms with E-state index in [2.05, 4.69) is 25.6 Å². The van der Waals surface area contributed by atoms with Crippen molar-refractivity contribution in [2.24, 2.45) is 10.8 Å². The van der Waals surface area contributed by atoms with E-state index in [1.807, 2.05) is 0 Å². The molecule has 1 amide bonds. The summed E-state index contributed by atoms with van der Waals surface area (Å²) in [6.45, 7) is 1.73. The van der Waals surface area contributed by atoms with Crippen LogP contribution in [0.15, 0.2) is 53.6 Å². The molecule has 1 aromatic heterocycles. The highest BCUT2D eigenvalue weighted by atomic mass is 19.4. The quantitative estimate of drug-likeness (QED) is 0.247. The fourth-order valence-corrected chi connectivity index (χ4v) is 2.63. The number of carbonyl (C=O) groups excluding carboxylic acids is 1. The Balaban J connectivity index is 1.71. The van der Waals surface area contributed by atoms with Gasteiger partial charge in [-0.05, 0) is 48.9 Å². The summed E-state index contributed by atoms with van der Waals surface area (Å²) in [6.07, 6.45) is -4.79. The molecule has 11 heteroatoms. The van der Waals surface area contributed by atoms with Crippen LogP contribution in [-0.2, 0) is 0 Å². The highest BCUT2D eigenvalue weighted by Crippen LogP contribution is 2.27. The number of aromatic nitrogens is 1. The molecule has 2 aromatic carbocycles. The van der Waals surface area contributed by atoms with E-state index in [0.29, 0.717) is 22.3 Å². The van der Waals surface area contributed by atoms with Crippen LogP contribution in [0.2, 0.25) is 0 Å². The number of H-pyrrole nitrogens is 1. The number of nitrogens with two attached hydrogens (primary N) is 1. The Morgan fingerprint density at radius 2 is 1.87 bits per heavy atom. The summed E-state index contributed by atoms with van der Waals surface area (Å²) >= 11 is 0. The van der Waals surface area contributed by atoms with Gasteiger partial charge in [-0.2, -0.15) is 5.10 Å². The maximum absolute atomic E-state index is 12.5. The summed E-state index contributed by atoms with van der Waals surface area (Å²) in [5.41, 5.74) is 10.1. The first-order valence-corrected chi connectivity index (χ1v) is 8.55. The van der Waals surface area contributed by atoms with E-state index in [9.17, 15) is 18.0 Å². The summed E-state index contributed by atoms with van der Waals surface area (Å²) in [7, 11) is 0. The minimum absolute atomic E-state index is 0.182. The number of anilines is 1. The molecule has 0 spiro atoms. The average Bonchev–Trinajstić information content (AvgIpc) is 3.09. The Labute approximate surface area is 168 Å². The molecule has 1 heterocycles. The van der Waals surface area contributed by atoms with Crippen molar-refractivity contribution in [2.75, 3.05) is 5.32 Å². The molecule has 8 nitrogen and oxygen atoms in total. The first-order chi connectivity index (χ1) is 14.1. The number of benzene rings is 2. The second-order valence-corrected chi connectivity index (χ2v) is 6.23. The van der Waals surface area contributed by atoms with Crippen molar-refractivity contribution >= 4 is 34.2 Å². The largest absolute Gasteiger partial charge is 0.573 e. The lowest BCUT2D eigenvalue weighted by Gasteiger charge is -2.08. The Hall–Kier alpha value is -4.02. The number of hydrogen-bond donors (Lipinski definition) is 5. The number of alkyl halides is 3. The Morgan fingerprint density at radius 3 is 2.50 bits per heavy atom. The van der Waals surface area contributed by atoms with Gasteiger partial charge >= 0.3 is 6.36 Å². The van der Waals surface area contributed by atoms with Gasteiger partial charge in [0.2, 0.25) is 5.96 Å². The third kappa shape index (κ3) is 5.28. The van der Waals surface area contributed by atoms with E-state index in [1.165, 1.54) is 18.2 Å². The summed E-state index contributed by atoms with van der Waals surface area (Å²) < 4.78 is 41.0. The second kappa shape index (κ2) is 8.15. The van der Waals surface area contributed by atoms with Crippen molar-refractivity contribution in [3.8, 4) is 5.75 Å². The fraction of sp³-hybridized carbons (Fsp3) is 0.105. The molecule has 30 heavy (non-hydrogen) atoms. The molecule has 0 radical (unpaired) electrons. The van der Waals surface area contributed by atoms with E-state index in [0.717, 1.165) is 11.6 Å². The van der Waals surface area contributed by atoms with E-state index >= 15 is 0 Å². The van der Waals surface area contributed by atoms with Gasteiger partial charge in [0.1, 0.15) is 11.4 Å². The number of guanidine groups is 1. The van der Waals surface area contributed by atoms with Crippen LogP contribution in [-0.4, -0.2) is 28.9 Å². The first-order valence-electron chi connectivity index (χ1n) is 8.55. The maximum atomic E-state index is 12.5. The number of hydrogen-bond acceptors (Lipinski definition) is 4. The molecular weight excluding hydrogens is 401 g/mol. The van der Waals surface area contributed by atoms with Crippen LogP contribution in [0.25, 0.3) is 10.9 Å². The molecular formula is C19H17F3N6O2. The number of nitrogens with one attached hydrogen (secondary N) is 4. The van der Waals surface area contributed by atoms with Crippen LogP contribution in [0.3, 0.4) is 0 Å². The lowest BCUT2D eigenvalue weighted by molar-refractivity contribution is -0.274. The zero-order valence-corrected chi connectivity index (χ0v) is 15.6.